The van der Waals surface area contributed by atoms with Gasteiger partial charge in [0.1, 0.15) is 0 Å². The van der Waals surface area contributed by atoms with E-state index in [9.17, 15) is 4.79 Å². The first-order chi connectivity index (χ1) is 12.2. The van der Waals surface area contributed by atoms with E-state index >= 15 is 0 Å². The van der Waals surface area contributed by atoms with Gasteiger partial charge in [-0.1, -0.05) is 42.5 Å². The van der Waals surface area contributed by atoms with Crippen molar-refractivity contribution >= 4 is 11.8 Å². The lowest BCUT2D eigenvalue weighted by Gasteiger charge is -2.33. The zero-order valence-corrected chi connectivity index (χ0v) is 14.4. The maximum Gasteiger partial charge on any atom is 0.407 e. The maximum atomic E-state index is 10.9. The first-order valence-electron chi connectivity index (χ1n) is 8.78. The fourth-order valence-electron chi connectivity index (χ4n) is 3.08. The Bertz CT molecular complexity index is 665. The summed E-state index contributed by atoms with van der Waals surface area (Å²) in [4.78, 5) is 14.7. The molecule has 1 saturated heterocycles. The van der Waals surface area contributed by atoms with Crippen LogP contribution in [0.3, 0.4) is 0 Å². The molecule has 0 saturated carbocycles. The third kappa shape index (κ3) is 5.22. The molecule has 1 fully saturated rings. The highest BCUT2D eigenvalue weighted by molar-refractivity contribution is 5.65. The second-order valence-electron chi connectivity index (χ2n) is 6.41. The number of nitrogens with one attached hydrogen (secondary N) is 1. The molecule has 0 aliphatic carbocycles. The Hall–Kier alpha value is -2.53. The molecular formula is C20H25N3O2. The molecule has 5 heteroatoms. The number of benzene rings is 2. The Morgan fingerprint density at radius 1 is 0.920 bits per heavy atom. The van der Waals surface area contributed by atoms with E-state index in [-0.39, 0.29) is 0 Å². The van der Waals surface area contributed by atoms with Gasteiger partial charge in [-0.3, -0.25) is 4.90 Å². The summed E-state index contributed by atoms with van der Waals surface area (Å²) in [7, 11) is 0. The molecule has 0 radical (unpaired) electrons. The van der Waals surface area contributed by atoms with Crippen molar-refractivity contribution in [2.24, 2.45) is 0 Å². The van der Waals surface area contributed by atoms with Crippen LogP contribution >= 0.6 is 0 Å². The number of amides is 1. The summed E-state index contributed by atoms with van der Waals surface area (Å²) >= 11 is 0. The van der Waals surface area contributed by atoms with Gasteiger partial charge in [0.15, 0.2) is 0 Å². The van der Waals surface area contributed by atoms with Gasteiger partial charge in [-0.05, 0) is 29.7 Å². The highest BCUT2D eigenvalue weighted by Crippen LogP contribution is 2.13. The minimum absolute atomic E-state index is 0.592. The maximum absolute atomic E-state index is 10.9. The minimum atomic E-state index is -0.814. The highest BCUT2D eigenvalue weighted by atomic mass is 16.4. The van der Waals surface area contributed by atoms with Crippen molar-refractivity contribution in [3.8, 4) is 0 Å². The predicted molar refractivity (Wildman–Crippen MR) is 100.0 cm³/mol. The smallest absolute Gasteiger partial charge is 0.407 e. The largest absolute Gasteiger partial charge is 0.465 e. The van der Waals surface area contributed by atoms with Crippen LogP contribution in [0.1, 0.15) is 11.1 Å². The topological polar surface area (TPSA) is 55.8 Å². The number of piperazine rings is 1. The molecule has 1 aliphatic heterocycles. The number of carbonyl (C=O) groups is 1. The van der Waals surface area contributed by atoms with Crippen LogP contribution in [0, 0.1) is 0 Å². The summed E-state index contributed by atoms with van der Waals surface area (Å²) in [5.74, 6) is 0. The molecule has 2 N–H and O–H groups in total. The van der Waals surface area contributed by atoms with E-state index in [1.54, 1.807) is 0 Å². The number of anilines is 1. The molecule has 25 heavy (non-hydrogen) atoms. The molecule has 0 unspecified atom stereocenters. The Labute approximate surface area is 148 Å². The molecule has 0 bridgehead atoms. The third-order valence-corrected chi connectivity index (χ3v) is 4.59. The summed E-state index contributed by atoms with van der Waals surface area (Å²) in [6.45, 7) is 4.56. The molecule has 3 rings (SSSR count). The quantitative estimate of drug-likeness (QED) is 0.849. The van der Waals surface area contributed by atoms with Crippen molar-refractivity contribution in [1.29, 1.82) is 0 Å². The van der Waals surface area contributed by atoms with Gasteiger partial charge in [0.2, 0.25) is 0 Å². The molecule has 0 spiro atoms. The lowest BCUT2D eigenvalue weighted by Crippen LogP contribution is -2.47. The zero-order valence-electron chi connectivity index (χ0n) is 14.4. The van der Waals surface area contributed by atoms with Gasteiger partial charge < -0.3 is 15.3 Å². The Morgan fingerprint density at radius 2 is 1.60 bits per heavy atom. The van der Waals surface area contributed by atoms with Crippen molar-refractivity contribution < 1.29 is 9.90 Å². The lowest BCUT2D eigenvalue weighted by atomic mass is 10.1. The van der Waals surface area contributed by atoms with E-state index in [0.717, 1.165) is 38.3 Å². The fraction of sp³-hybridized carbons (Fsp3) is 0.350. The van der Waals surface area contributed by atoms with Gasteiger partial charge in [0.25, 0.3) is 0 Å². The standard InChI is InChI=1S/C20H25N3O2/c24-20(25)23-14-12-22(13-15-23)16-18-6-8-19(9-7-18)21-11-10-17-4-2-1-3-5-17/h1-9,21H,10-16H2,(H,24,25). The fourth-order valence-corrected chi connectivity index (χ4v) is 3.08. The van der Waals surface area contributed by atoms with E-state index < -0.39 is 6.09 Å². The van der Waals surface area contributed by atoms with Crippen molar-refractivity contribution in [2.45, 2.75) is 13.0 Å². The molecule has 0 atom stereocenters. The van der Waals surface area contributed by atoms with Crippen LogP contribution in [0.25, 0.3) is 0 Å². The van der Waals surface area contributed by atoms with Gasteiger partial charge >= 0.3 is 6.09 Å². The van der Waals surface area contributed by atoms with Crippen LogP contribution in [-0.2, 0) is 13.0 Å². The first kappa shape index (κ1) is 17.3. The monoisotopic (exact) mass is 339 g/mol. The summed E-state index contributed by atoms with van der Waals surface area (Å²) < 4.78 is 0. The normalized spacial score (nSPS) is 15.1. The molecule has 1 aliphatic rings. The van der Waals surface area contributed by atoms with Crippen LogP contribution in [-0.4, -0.2) is 53.7 Å². The van der Waals surface area contributed by atoms with E-state index in [1.165, 1.54) is 16.0 Å². The van der Waals surface area contributed by atoms with Crippen LogP contribution in [0.4, 0.5) is 10.5 Å². The van der Waals surface area contributed by atoms with Gasteiger partial charge in [-0.15, -0.1) is 0 Å². The summed E-state index contributed by atoms with van der Waals surface area (Å²) in [6.07, 6.45) is 0.196. The molecule has 132 valence electrons. The number of carboxylic acid groups (broad SMARTS) is 1. The third-order valence-electron chi connectivity index (χ3n) is 4.59. The van der Waals surface area contributed by atoms with Crippen molar-refractivity contribution in [3.05, 3.63) is 65.7 Å². The van der Waals surface area contributed by atoms with Crippen molar-refractivity contribution in [3.63, 3.8) is 0 Å². The zero-order chi connectivity index (χ0) is 17.5. The Balaban J connectivity index is 1.42. The van der Waals surface area contributed by atoms with E-state index in [2.05, 4.69) is 58.7 Å². The van der Waals surface area contributed by atoms with Crippen LogP contribution in [0.2, 0.25) is 0 Å². The van der Waals surface area contributed by atoms with Gasteiger partial charge in [-0.2, -0.15) is 0 Å². The number of nitrogens with zero attached hydrogens (tertiary/aromatic N) is 2. The SMILES string of the molecule is O=C(O)N1CCN(Cc2ccc(NCCc3ccccc3)cc2)CC1. The average Bonchev–Trinajstić information content (AvgIpc) is 2.64. The number of hydrogen-bond donors (Lipinski definition) is 2. The minimum Gasteiger partial charge on any atom is -0.465 e. The second-order valence-corrected chi connectivity index (χ2v) is 6.41. The van der Waals surface area contributed by atoms with E-state index in [0.29, 0.717) is 13.1 Å². The summed E-state index contributed by atoms with van der Waals surface area (Å²) in [5.41, 5.74) is 3.74. The Kier molecular flexibility index (Phi) is 5.90. The molecular weight excluding hydrogens is 314 g/mol. The predicted octanol–water partition coefficient (Wildman–Crippen LogP) is 3.14. The van der Waals surface area contributed by atoms with E-state index in [4.69, 9.17) is 5.11 Å². The van der Waals surface area contributed by atoms with Crippen LogP contribution < -0.4 is 5.32 Å². The van der Waals surface area contributed by atoms with E-state index in [1.807, 2.05) is 6.07 Å². The second kappa shape index (κ2) is 8.53. The molecule has 2 aromatic rings. The summed E-state index contributed by atoms with van der Waals surface area (Å²) in [5, 5.41) is 12.4. The van der Waals surface area contributed by atoms with Gasteiger partial charge in [0.05, 0.1) is 0 Å². The molecule has 1 heterocycles. The molecule has 0 aromatic heterocycles. The van der Waals surface area contributed by atoms with Crippen LogP contribution in [0.5, 0.6) is 0 Å². The first-order valence-corrected chi connectivity index (χ1v) is 8.78. The van der Waals surface area contributed by atoms with Crippen LogP contribution in [0.15, 0.2) is 54.6 Å². The summed E-state index contributed by atoms with van der Waals surface area (Å²) in [6, 6.07) is 19.0. The lowest BCUT2D eigenvalue weighted by molar-refractivity contribution is 0.103. The highest BCUT2D eigenvalue weighted by Gasteiger charge is 2.20. The van der Waals surface area contributed by atoms with Crippen molar-refractivity contribution in [1.82, 2.24) is 9.80 Å². The molecule has 1 amide bonds. The Morgan fingerprint density at radius 3 is 2.24 bits per heavy atom. The molecule has 2 aromatic carbocycles. The van der Waals surface area contributed by atoms with Gasteiger partial charge in [0, 0.05) is 45.0 Å². The van der Waals surface area contributed by atoms with Crippen molar-refractivity contribution in [2.75, 3.05) is 38.0 Å². The number of rotatable bonds is 6. The average molecular weight is 339 g/mol. The number of hydrogen-bond acceptors (Lipinski definition) is 3. The van der Waals surface area contributed by atoms with Gasteiger partial charge in [-0.25, -0.2) is 4.79 Å². The molecule has 5 nitrogen and oxygen atoms in total.